The third kappa shape index (κ3) is 1.98. The van der Waals surface area contributed by atoms with Gasteiger partial charge < -0.3 is 0 Å². The molecule has 0 bridgehead atoms. The van der Waals surface area contributed by atoms with Gasteiger partial charge in [-0.05, 0) is 0 Å². The molecule has 0 aromatic rings. The molecule has 2 fully saturated rings. The second kappa shape index (κ2) is 5.88. The van der Waals surface area contributed by atoms with Crippen LogP contribution in [-0.4, -0.2) is 70.6 Å². The molecule has 0 heterocycles. The second-order valence-electron chi connectivity index (χ2n) is 7.07. The average molecular weight is 562 g/mol. The van der Waals surface area contributed by atoms with Crippen molar-refractivity contribution in [1.82, 2.24) is 0 Å². The Bertz CT molecular complexity index is 869. The van der Waals surface area contributed by atoms with E-state index < -0.39 is 70.6 Å². The lowest BCUT2D eigenvalue weighted by atomic mass is 9.49. The second-order valence-corrected chi connectivity index (χ2v) is 7.07. The molecule has 0 aromatic carbocycles. The first-order valence-corrected chi connectivity index (χ1v) is 7.41. The fourth-order valence-corrected chi connectivity index (χ4v) is 3.58. The number of hydrogen-bond donors (Lipinski definition) is 0. The fourth-order valence-electron chi connectivity index (χ4n) is 3.58. The third-order valence-electron chi connectivity index (χ3n) is 5.44. The predicted molar refractivity (Wildman–Crippen MR) is 57.1 cm³/mol. The van der Waals surface area contributed by atoms with Crippen LogP contribution in [0, 0.1) is 0 Å². The maximum atomic E-state index is 14.9. The standard InChI is InChI=1S/C12F22/c13-1-2(14,6(20,21)11(30,31)10(28,29)4(1,16)17)5(18,19)9(26,27)7(22,23)3(1,15)8(24,25)12(32,33)34. The minimum absolute atomic E-state index is 8.52. The monoisotopic (exact) mass is 562 g/mol. The van der Waals surface area contributed by atoms with Gasteiger partial charge in [-0.3, -0.25) is 0 Å². The molecule has 0 aliphatic heterocycles. The summed E-state index contributed by atoms with van der Waals surface area (Å²) in [6, 6.07) is 0. The van der Waals surface area contributed by atoms with E-state index in [1.807, 2.05) is 0 Å². The van der Waals surface area contributed by atoms with E-state index in [0.717, 1.165) is 0 Å². The van der Waals surface area contributed by atoms with Gasteiger partial charge in [0.1, 0.15) is 0 Å². The van der Waals surface area contributed by atoms with E-state index in [9.17, 15) is 96.6 Å². The Kier molecular flexibility index (Phi) is 4.96. The van der Waals surface area contributed by atoms with E-state index in [4.69, 9.17) is 0 Å². The van der Waals surface area contributed by atoms with Crippen LogP contribution in [0.1, 0.15) is 0 Å². The highest BCUT2D eigenvalue weighted by atomic mass is 19.4. The summed E-state index contributed by atoms with van der Waals surface area (Å²) in [6.07, 6.45) is -8.52. The Morgan fingerprint density at radius 3 is 0.794 bits per heavy atom. The van der Waals surface area contributed by atoms with Crippen LogP contribution in [0.5, 0.6) is 0 Å². The first-order chi connectivity index (χ1) is 14.2. The van der Waals surface area contributed by atoms with Crippen molar-refractivity contribution in [2.75, 3.05) is 0 Å². The SMILES string of the molecule is FC(F)(F)C(F)(F)C1(F)C(F)(F)C(F)(F)C(F)(F)C2(F)C(F)(F)C(F)(F)C(F)(F)C(F)(F)C12F. The van der Waals surface area contributed by atoms with Crippen LogP contribution in [0.3, 0.4) is 0 Å². The summed E-state index contributed by atoms with van der Waals surface area (Å²) in [4.78, 5) is 0. The average Bonchev–Trinajstić information content (AvgIpc) is 2.61. The molecule has 3 unspecified atom stereocenters. The number of hydrogen-bond acceptors (Lipinski definition) is 0. The normalized spacial score (nSPS) is 41.5. The number of rotatable bonds is 1. The maximum absolute atomic E-state index is 14.9. The molecule has 0 N–H and O–H groups in total. The first kappa shape index (κ1) is 28.7. The molecule has 0 radical (unpaired) electrons. The van der Waals surface area contributed by atoms with E-state index in [0.29, 0.717) is 0 Å². The largest absolute Gasteiger partial charge is 0.457 e. The molecule has 2 aliphatic carbocycles. The molecule has 2 rings (SSSR count). The van der Waals surface area contributed by atoms with E-state index in [-0.39, 0.29) is 0 Å². The molecule has 34 heavy (non-hydrogen) atoms. The van der Waals surface area contributed by atoms with Gasteiger partial charge in [-0.25, -0.2) is 13.2 Å². The summed E-state index contributed by atoms with van der Waals surface area (Å²) < 4.78 is 300. The minimum atomic E-state index is -9.56. The number of fused-ring (bicyclic) bond motifs is 1. The van der Waals surface area contributed by atoms with E-state index in [1.165, 1.54) is 0 Å². The number of alkyl halides is 22. The molecule has 0 amide bonds. The van der Waals surface area contributed by atoms with Gasteiger partial charge in [0.15, 0.2) is 0 Å². The Morgan fingerprint density at radius 2 is 0.529 bits per heavy atom. The van der Waals surface area contributed by atoms with Crippen molar-refractivity contribution in [1.29, 1.82) is 0 Å². The Morgan fingerprint density at radius 1 is 0.294 bits per heavy atom. The Labute approximate surface area is 168 Å². The van der Waals surface area contributed by atoms with Gasteiger partial charge in [0.25, 0.3) is 17.0 Å². The molecule has 202 valence electrons. The van der Waals surface area contributed by atoms with Gasteiger partial charge in [0.2, 0.25) is 0 Å². The summed E-state index contributed by atoms with van der Waals surface area (Å²) in [7, 11) is 0. The number of halogens is 22. The zero-order valence-electron chi connectivity index (χ0n) is 14.3. The minimum Gasteiger partial charge on any atom is -0.229 e. The van der Waals surface area contributed by atoms with Crippen LogP contribution in [-0.2, 0) is 0 Å². The molecule has 22 heteroatoms. The highest BCUT2D eigenvalue weighted by molar-refractivity contribution is 5.46. The van der Waals surface area contributed by atoms with Crippen molar-refractivity contribution in [3.8, 4) is 0 Å². The van der Waals surface area contributed by atoms with Crippen molar-refractivity contribution in [2.24, 2.45) is 0 Å². The highest BCUT2D eigenvalue weighted by Crippen LogP contribution is 2.83. The van der Waals surface area contributed by atoms with Crippen molar-refractivity contribution in [3.05, 3.63) is 0 Å². The molecule has 2 aliphatic rings. The van der Waals surface area contributed by atoms with Gasteiger partial charge >= 0.3 is 53.6 Å². The van der Waals surface area contributed by atoms with Crippen LogP contribution in [0.25, 0.3) is 0 Å². The zero-order chi connectivity index (χ0) is 28.0. The third-order valence-corrected chi connectivity index (χ3v) is 5.44. The Balaban J connectivity index is 3.43. The van der Waals surface area contributed by atoms with Gasteiger partial charge in [0.05, 0.1) is 0 Å². The summed E-state index contributed by atoms with van der Waals surface area (Å²) in [6.45, 7) is 0. The smallest absolute Gasteiger partial charge is 0.229 e. The van der Waals surface area contributed by atoms with Crippen molar-refractivity contribution < 1.29 is 96.6 Å². The molecule has 0 saturated heterocycles. The zero-order valence-corrected chi connectivity index (χ0v) is 14.3. The molecule has 0 spiro atoms. The van der Waals surface area contributed by atoms with Gasteiger partial charge in [-0.1, -0.05) is 0 Å². The van der Waals surface area contributed by atoms with Crippen molar-refractivity contribution in [2.45, 2.75) is 70.6 Å². The molecule has 2 saturated carbocycles. The lowest BCUT2D eigenvalue weighted by Crippen LogP contribution is -3.01. The quantitative estimate of drug-likeness (QED) is 0.310. The summed E-state index contributed by atoms with van der Waals surface area (Å²) in [5.41, 5.74) is -28.4. The lowest BCUT2D eigenvalue weighted by molar-refractivity contribution is -0.566. The van der Waals surface area contributed by atoms with Crippen LogP contribution >= 0.6 is 0 Å². The van der Waals surface area contributed by atoms with Gasteiger partial charge in [-0.2, -0.15) is 83.4 Å². The van der Waals surface area contributed by atoms with Crippen molar-refractivity contribution >= 4 is 0 Å². The van der Waals surface area contributed by atoms with Crippen LogP contribution in [0.2, 0.25) is 0 Å². The summed E-state index contributed by atoms with van der Waals surface area (Å²) in [5, 5.41) is 0. The molecular weight excluding hydrogens is 562 g/mol. The van der Waals surface area contributed by atoms with E-state index in [2.05, 4.69) is 0 Å². The lowest BCUT2D eigenvalue weighted by Gasteiger charge is -2.65. The molecular formula is C12F22. The van der Waals surface area contributed by atoms with E-state index >= 15 is 0 Å². The van der Waals surface area contributed by atoms with Crippen LogP contribution in [0.4, 0.5) is 96.6 Å². The molecule has 0 nitrogen and oxygen atoms in total. The fraction of sp³-hybridized carbons (Fsp3) is 1.00. The highest BCUT2D eigenvalue weighted by Gasteiger charge is 3.17. The topological polar surface area (TPSA) is 0 Å². The van der Waals surface area contributed by atoms with E-state index in [1.54, 1.807) is 0 Å². The van der Waals surface area contributed by atoms with Crippen LogP contribution < -0.4 is 0 Å². The van der Waals surface area contributed by atoms with Crippen molar-refractivity contribution in [3.63, 3.8) is 0 Å². The van der Waals surface area contributed by atoms with Gasteiger partial charge in [0, 0.05) is 0 Å². The summed E-state index contributed by atoms with van der Waals surface area (Å²) >= 11 is 0. The van der Waals surface area contributed by atoms with Crippen LogP contribution in [0.15, 0.2) is 0 Å². The maximum Gasteiger partial charge on any atom is 0.457 e. The first-order valence-electron chi connectivity index (χ1n) is 7.41. The molecule has 3 atom stereocenters. The van der Waals surface area contributed by atoms with Gasteiger partial charge in [-0.15, -0.1) is 0 Å². The summed E-state index contributed by atoms with van der Waals surface area (Å²) in [5.74, 6) is -71.7. The Hall–Kier alpha value is -1.54. The predicted octanol–water partition coefficient (Wildman–Crippen LogP) is 6.78. The molecule has 0 aromatic heterocycles.